The van der Waals surface area contributed by atoms with Crippen molar-refractivity contribution in [3.05, 3.63) is 35.1 Å². The molecule has 1 amide bonds. The van der Waals surface area contributed by atoms with Gasteiger partial charge in [0.1, 0.15) is 5.82 Å². The number of aliphatic carboxylic acids is 1. The first-order valence-electron chi connectivity index (χ1n) is 5.52. The van der Waals surface area contributed by atoms with E-state index in [2.05, 4.69) is 5.32 Å². The Morgan fingerprint density at radius 3 is 2.50 bits per heavy atom. The second-order valence-corrected chi connectivity index (χ2v) is 4.87. The minimum atomic E-state index is -1.00. The van der Waals surface area contributed by atoms with E-state index in [1.807, 2.05) is 0 Å². The van der Waals surface area contributed by atoms with E-state index < -0.39 is 23.2 Å². The zero-order valence-corrected chi connectivity index (χ0v) is 10.6. The SMILES string of the molecule is Cc1ccc(C(=O)NC(C)(C)CC(=O)O)cc1F. The van der Waals surface area contributed by atoms with E-state index in [9.17, 15) is 14.0 Å². The number of hydrogen-bond acceptors (Lipinski definition) is 2. The summed E-state index contributed by atoms with van der Waals surface area (Å²) < 4.78 is 13.3. The van der Waals surface area contributed by atoms with Crippen molar-refractivity contribution in [2.75, 3.05) is 0 Å². The van der Waals surface area contributed by atoms with Crippen molar-refractivity contribution in [1.82, 2.24) is 5.32 Å². The van der Waals surface area contributed by atoms with Gasteiger partial charge in [-0.25, -0.2) is 4.39 Å². The fourth-order valence-electron chi connectivity index (χ4n) is 1.54. The lowest BCUT2D eigenvalue weighted by Crippen LogP contribution is -2.44. The molecule has 0 aliphatic rings. The van der Waals surface area contributed by atoms with Crippen LogP contribution in [0.5, 0.6) is 0 Å². The molecule has 4 nitrogen and oxygen atoms in total. The van der Waals surface area contributed by atoms with Crippen LogP contribution < -0.4 is 5.32 Å². The molecule has 0 spiro atoms. The monoisotopic (exact) mass is 253 g/mol. The van der Waals surface area contributed by atoms with Gasteiger partial charge in [-0.15, -0.1) is 0 Å². The van der Waals surface area contributed by atoms with Gasteiger partial charge in [0.2, 0.25) is 0 Å². The van der Waals surface area contributed by atoms with Crippen LogP contribution in [0.25, 0.3) is 0 Å². The number of carbonyl (C=O) groups excluding carboxylic acids is 1. The Morgan fingerprint density at radius 1 is 1.39 bits per heavy atom. The van der Waals surface area contributed by atoms with Crippen LogP contribution >= 0.6 is 0 Å². The minimum absolute atomic E-state index is 0.177. The number of aryl methyl sites for hydroxylation is 1. The van der Waals surface area contributed by atoms with Crippen LogP contribution in [0.1, 0.15) is 36.2 Å². The molecule has 0 aromatic heterocycles. The molecule has 0 bridgehead atoms. The number of amides is 1. The van der Waals surface area contributed by atoms with Crippen molar-refractivity contribution >= 4 is 11.9 Å². The maximum atomic E-state index is 13.3. The first-order chi connectivity index (χ1) is 8.21. The Bertz CT molecular complexity index is 483. The van der Waals surface area contributed by atoms with Crippen LogP contribution in [0.15, 0.2) is 18.2 Å². The highest BCUT2D eigenvalue weighted by molar-refractivity contribution is 5.95. The van der Waals surface area contributed by atoms with E-state index >= 15 is 0 Å². The molecule has 0 atom stereocenters. The molecule has 18 heavy (non-hydrogen) atoms. The zero-order chi connectivity index (χ0) is 13.9. The fraction of sp³-hybridized carbons (Fsp3) is 0.385. The van der Waals surface area contributed by atoms with Gasteiger partial charge in [-0.05, 0) is 38.5 Å². The molecule has 0 saturated carbocycles. The third kappa shape index (κ3) is 3.84. The summed E-state index contributed by atoms with van der Waals surface area (Å²) in [4.78, 5) is 22.5. The van der Waals surface area contributed by atoms with Gasteiger partial charge in [0, 0.05) is 11.1 Å². The maximum Gasteiger partial charge on any atom is 0.305 e. The number of carboxylic acids is 1. The highest BCUT2D eigenvalue weighted by atomic mass is 19.1. The van der Waals surface area contributed by atoms with Gasteiger partial charge in [-0.3, -0.25) is 9.59 Å². The highest BCUT2D eigenvalue weighted by Crippen LogP contribution is 2.13. The molecule has 0 unspecified atom stereocenters. The number of hydrogen-bond donors (Lipinski definition) is 2. The number of carboxylic acid groups (broad SMARTS) is 1. The van der Waals surface area contributed by atoms with E-state index in [1.165, 1.54) is 12.1 Å². The lowest BCUT2D eigenvalue weighted by atomic mass is 10.00. The van der Waals surface area contributed by atoms with E-state index in [0.717, 1.165) is 6.07 Å². The molecule has 0 aliphatic heterocycles. The van der Waals surface area contributed by atoms with E-state index in [0.29, 0.717) is 5.56 Å². The van der Waals surface area contributed by atoms with E-state index in [-0.39, 0.29) is 12.0 Å². The topological polar surface area (TPSA) is 66.4 Å². The Labute approximate surface area is 105 Å². The third-order valence-electron chi connectivity index (χ3n) is 2.48. The number of benzene rings is 1. The summed E-state index contributed by atoms with van der Waals surface area (Å²) in [7, 11) is 0. The number of rotatable bonds is 4. The quantitative estimate of drug-likeness (QED) is 0.863. The second kappa shape index (κ2) is 5.16. The summed E-state index contributed by atoms with van der Waals surface area (Å²) in [5.41, 5.74) is -0.252. The summed E-state index contributed by atoms with van der Waals surface area (Å²) in [5.74, 6) is -1.95. The molecule has 2 N–H and O–H groups in total. The van der Waals surface area contributed by atoms with Crippen molar-refractivity contribution < 1.29 is 19.1 Å². The lowest BCUT2D eigenvalue weighted by molar-refractivity contribution is -0.138. The van der Waals surface area contributed by atoms with Crippen molar-refractivity contribution in [2.24, 2.45) is 0 Å². The smallest absolute Gasteiger partial charge is 0.305 e. The van der Waals surface area contributed by atoms with Crippen molar-refractivity contribution in [3.8, 4) is 0 Å². The lowest BCUT2D eigenvalue weighted by Gasteiger charge is -2.24. The summed E-state index contributed by atoms with van der Waals surface area (Å²) in [5, 5.41) is 11.3. The Kier molecular flexibility index (Phi) is 4.06. The Hall–Kier alpha value is -1.91. The summed E-state index contributed by atoms with van der Waals surface area (Å²) in [6.07, 6.45) is -0.201. The van der Waals surface area contributed by atoms with Gasteiger partial charge >= 0.3 is 5.97 Å². The van der Waals surface area contributed by atoms with Crippen LogP contribution in [0.3, 0.4) is 0 Å². The van der Waals surface area contributed by atoms with Crippen LogP contribution in [0.4, 0.5) is 4.39 Å². The molecule has 1 aromatic carbocycles. The maximum absolute atomic E-state index is 13.3. The van der Waals surface area contributed by atoms with Gasteiger partial charge < -0.3 is 10.4 Å². The molecule has 0 heterocycles. The summed E-state index contributed by atoms with van der Waals surface area (Å²) in [6.45, 7) is 4.80. The average Bonchev–Trinajstić information content (AvgIpc) is 2.19. The number of nitrogens with one attached hydrogen (secondary N) is 1. The van der Waals surface area contributed by atoms with Crippen molar-refractivity contribution in [3.63, 3.8) is 0 Å². The largest absolute Gasteiger partial charge is 0.481 e. The first kappa shape index (κ1) is 14.2. The van der Waals surface area contributed by atoms with Gasteiger partial charge in [0.15, 0.2) is 0 Å². The van der Waals surface area contributed by atoms with E-state index in [1.54, 1.807) is 20.8 Å². The average molecular weight is 253 g/mol. The number of carbonyl (C=O) groups is 2. The normalized spacial score (nSPS) is 11.1. The minimum Gasteiger partial charge on any atom is -0.481 e. The van der Waals surface area contributed by atoms with Gasteiger partial charge in [-0.2, -0.15) is 0 Å². The molecule has 0 fully saturated rings. The van der Waals surface area contributed by atoms with Gasteiger partial charge in [0.05, 0.1) is 6.42 Å². The first-order valence-corrected chi connectivity index (χ1v) is 5.52. The molecule has 0 saturated heterocycles. The van der Waals surface area contributed by atoms with Gasteiger partial charge in [-0.1, -0.05) is 6.07 Å². The zero-order valence-electron chi connectivity index (χ0n) is 10.6. The highest BCUT2D eigenvalue weighted by Gasteiger charge is 2.24. The van der Waals surface area contributed by atoms with Crippen molar-refractivity contribution in [1.29, 1.82) is 0 Å². The van der Waals surface area contributed by atoms with Crippen molar-refractivity contribution in [2.45, 2.75) is 32.7 Å². The molecular formula is C13H16FNO3. The molecule has 0 radical (unpaired) electrons. The Morgan fingerprint density at radius 2 is 2.00 bits per heavy atom. The Balaban J connectivity index is 2.82. The number of halogens is 1. The third-order valence-corrected chi connectivity index (χ3v) is 2.48. The summed E-state index contributed by atoms with van der Waals surface area (Å²) >= 11 is 0. The second-order valence-electron chi connectivity index (χ2n) is 4.87. The molecule has 1 aromatic rings. The van der Waals surface area contributed by atoms with Gasteiger partial charge in [0.25, 0.3) is 5.91 Å². The summed E-state index contributed by atoms with van der Waals surface area (Å²) in [6, 6.07) is 4.15. The van der Waals surface area contributed by atoms with Crippen LogP contribution in [-0.4, -0.2) is 22.5 Å². The van der Waals surface area contributed by atoms with E-state index in [4.69, 9.17) is 5.11 Å². The van der Waals surface area contributed by atoms with Crippen LogP contribution in [0.2, 0.25) is 0 Å². The predicted octanol–water partition coefficient (Wildman–Crippen LogP) is 2.12. The molecular weight excluding hydrogens is 237 g/mol. The molecule has 0 aliphatic carbocycles. The fourth-order valence-corrected chi connectivity index (χ4v) is 1.54. The van der Waals surface area contributed by atoms with Crippen LogP contribution in [0, 0.1) is 12.7 Å². The predicted molar refractivity (Wildman–Crippen MR) is 64.9 cm³/mol. The molecule has 5 heteroatoms. The molecule has 98 valence electrons. The standard InChI is InChI=1S/C13H16FNO3/c1-8-4-5-9(6-10(8)14)12(18)15-13(2,3)7-11(16)17/h4-6H,7H2,1-3H3,(H,15,18)(H,16,17). The van der Waals surface area contributed by atoms with Crippen LogP contribution in [-0.2, 0) is 4.79 Å². The molecule has 1 rings (SSSR count).